The van der Waals surface area contributed by atoms with Crippen molar-refractivity contribution in [1.29, 1.82) is 5.26 Å². The topological polar surface area (TPSA) is 141 Å². The zero-order valence-electron chi connectivity index (χ0n) is 26.7. The van der Waals surface area contributed by atoms with Crippen molar-refractivity contribution in [2.24, 2.45) is 17.8 Å². The number of likely N-dealkylation sites (N-methyl/N-ethyl adjacent to an activating group) is 1. The minimum atomic E-state index is -0.876. The Labute approximate surface area is 274 Å². The van der Waals surface area contributed by atoms with Gasteiger partial charge in [-0.3, -0.25) is 24.1 Å². The maximum absolute atomic E-state index is 14.5. The molecule has 6 atom stereocenters. The molecule has 1 N–H and O–H groups in total. The van der Waals surface area contributed by atoms with Crippen LogP contribution in [0, 0.1) is 29.1 Å². The van der Waals surface area contributed by atoms with Gasteiger partial charge in [0.05, 0.1) is 18.0 Å². The summed E-state index contributed by atoms with van der Waals surface area (Å²) in [4.78, 5) is 60.9. The number of aromatic nitrogens is 2. The lowest BCUT2D eigenvalue weighted by Crippen LogP contribution is -2.57. The van der Waals surface area contributed by atoms with Crippen molar-refractivity contribution in [2.45, 2.75) is 88.5 Å². The zero-order valence-corrected chi connectivity index (χ0v) is 26.7. The van der Waals surface area contributed by atoms with Crippen molar-refractivity contribution in [3.05, 3.63) is 47.2 Å². The highest BCUT2D eigenvalue weighted by Gasteiger charge is 2.57. The number of nitrogens with zero attached hydrogens (tertiary/aromatic N) is 6. The molecule has 6 aliphatic rings. The van der Waals surface area contributed by atoms with Crippen LogP contribution in [0.3, 0.4) is 0 Å². The van der Waals surface area contributed by atoms with Gasteiger partial charge in [0.15, 0.2) is 5.69 Å². The number of carbonyl (C=O) groups is 4. The first-order chi connectivity index (χ1) is 22.9. The summed E-state index contributed by atoms with van der Waals surface area (Å²) in [6.07, 6.45) is 4.87. The van der Waals surface area contributed by atoms with E-state index in [1.54, 1.807) is 14.7 Å². The number of nitrogens with one attached hydrogen (secondary N) is 1. The number of carbonyl (C=O) groups excluding carboxylic acids is 4. The number of hydrogen-bond donors (Lipinski definition) is 1. The largest absolute Gasteiger partial charge is 0.381 e. The summed E-state index contributed by atoms with van der Waals surface area (Å²) in [5.74, 6) is -0.730. The Morgan fingerprint density at radius 1 is 1.06 bits per heavy atom. The molecule has 0 spiro atoms. The average molecular weight is 640 g/mol. The third-order valence-electron chi connectivity index (χ3n) is 11.2. The van der Waals surface area contributed by atoms with Gasteiger partial charge in [0, 0.05) is 56.8 Å². The number of amides is 4. The maximum Gasteiger partial charge on any atom is 0.276 e. The molecule has 2 aliphatic carbocycles. The molecule has 5 heterocycles. The second-order valence-corrected chi connectivity index (χ2v) is 14.1. The van der Waals surface area contributed by atoms with Gasteiger partial charge in [-0.2, -0.15) is 10.4 Å². The van der Waals surface area contributed by atoms with E-state index in [4.69, 9.17) is 9.84 Å². The fourth-order valence-electron chi connectivity index (χ4n) is 8.53. The van der Waals surface area contributed by atoms with Crippen LogP contribution in [0.25, 0.3) is 0 Å². The standard InChI is InChI=1S/C35H41N7O5/c1-2-40-33-29(31(38-42(33)24-10-12-47-13-11-24)35(46)41-25(17-36)14-22-15-26(22)41)28(21-8-9-21)30(34(40)45)37-32(44)23-16-27(43)39(19-23)18-20-6-4-3-5-7-20/h3-7,21-26,28,30H,2,8-16,18-19H2,1H3,(H,37,44)/t22-,23?,25-,26+,28-,30-/m0/s1. The number of hydrogen-bond acceptors (Lipinski definition) is 7. The van der Waals surface area contributed by atoms with Gasteiger partial charge in [-0.1, -0.05) is 30.3 Å². The van der Waals surface area contributed by atoms with E-state index in [-0.39, 0.29) is 54.6 Å². The van der Waals surface area contributed by atoms with Crippen LogP contribution < -0.4 is 10.2 Å². The summed E-state index contributed by atoms with van der Waals surface area (Å²) < 4.78 is 7.53. The molecule has 3 saturated heterocycles. The normalized spacial score (nSPS) is 30.3. The Morgan fingerprint density at radius 2 is 1.83 bits per heavy atom. The van der Waals surface area contributed by atoms with Gasteiger partial charge in [-0.25, -0.2) is 4.68 Å². The summed E-state index contributed by atoms with van der Waals surface area (Å²) >= 11 is 0. The third-order valence-corrected chi connectivity index (χ3v) is 11.2. The molecule has 0 bridgehead atoms. The number of ether oxygens (including phenoxy) is 1. The Kier molecular flexibility index (Phi) is 7.54. The number of benzene rings is 1. The van der Waals surface area contributed by atoms with Crippen molar-refractivity contribution >= 4 is 29.4 Å². The van der Waals surface area contributed by atoms with E-state index in [2.05, 4.69) is 11.4 Å². The van der Waals surface area contributed by atoms with Crippen LogP contribution in [0.15, 0.2) is 30.3 Å². The second-order valence-electron chi connectivity index (χ2n) is 14.1. The van der Waals surface area contributed by atoms with E-state index in [0.717, 1.165) is 30.4 Å². The van der Waals surface area contributed by atoms with Gasteiger partial charge >= 0.3 is 0 Å². The minimum absolute atomic E-state index is 0.0361. The quantitative estimate of drug-likeness (QED) is 0.468. The van der Waals surface area contributed by atoms with Crippen molar-refractivity contribution in [2.75, 3.05) is 31.2 Å². The van der Waals surface area contributed by atoms with Crippen molar-refractivity contribution in [3.8, 4) is 6.07 Å². The van der Waals surface area contributed by atoms with Gasteiger partial charge in [0.2, 0.25) is 11.8 Å². The molecule has 1 aromatic heterocycles. The SMILES string of the molecule is CCN1C(=O)[C@@H](NC(=O)C2CC(=O)N(Cc3ccccc3)C2)[C@@H](C2CC2)c2c(C(=O)N3[C@H](C#N)C[C@H]4C[C@H]43)nn(C3CCOCC3)c21. The van der Waals surface area contributed by atoms with Crippen LogP contribution in [-0.4, -0.2) is 87.6 Å². The molecule has 47 heavy (non-hydrogen) atoms. The van der Waals surface area contributed by atoms with Crippen LogP contribution in [-0.2, 0) is 25.7 Å². The Morgan fingerprint density at radius 3 is 2.53 bits per heavy atom. The van der Waals surface area contributed by atoms with Gasteiger partial charge in [-0.15, -0.1) is 0 Å². The number of rotatable bonds is 8. The van der Waals surface area contributed by atoms with Gasteiger partial charge in [-0.05, 0) is 62.8 Å². The molecule has 4 amide bonds. The lowest BCUT2D eigenvalue weighted by molar-refractivity contribution is -0.131. The predicted octanol–water partition coefficient (Wildman–Crippen LogP) is 2.75. The molecule has 1 unspecified atom stereocenters. The number of fused-ring (bicyclic) bond motifs is 2. The molecule has 2 aromatic rings. The first kappa shape index (κ1) is 30.1. The van der Waals surface area contributed by atoms with Crippen LogP contribution >= 0.6 is 0 Å². The van der Waals surface area contributed by atoms with Crippen LogP contribution in [0.1, 0.15) is 85.4 Å². The number of nitriles is 1. The Bertz CT molecular complexity index is 1640. The van der Waals surface area contributed by atoms with E-state index in [1.165, 1.54) is 0 Å². The molecule has 0 radical (unpaired) electrons. The Hall–Kier alpha value is -4.24. The molecule has 4 aliphatic heterocycles. The molecule has 1 aromatic carbocycles. The zero-order chi connectivity index (χ0) is 32.4. The lowest BCUT2D eigenvalue weighted by atomic mass is 9.82. The van der Waals surface area contributed by atoms with Crippen LogP contribution in [0.5, 0.6) is 0 Å². The van der Waals surface area contributed by atoms with E-state index in [9.17, 15) is 24.4 Å². The van der Waals surface area contributed by atoms with E-state index in [1.807, 2.05) is 41.9 Å². The van der Waals surface area contributed by atoms with Gasteiger partial charge in [0.25, 0.3) is 11.8 Å². The molecular weight excluding hydrogens is 598 g/mol. The molecule has 8 rings (SSSR count). The third kappa shape index (κ3) is 5.19. The highest BCUT2D eigenvalue weighted by atomic mass is 16.5. The summed E-state index contributed by atoms with van der Waals surface area (Å²) in [5.41, 5.74) is 2.04. The monoisotopic (exact) mass is 639 g/mol. The lowest BCUT2D eigenvalue weighted by Gasteiger charge is -2.39. The fourth-order valence-corrected chi connectivity index (χ4v) is 8.53. The first-order valence-electron chi connectivity index (χ1n) is 17.2. The molecule has 12 heteroatoms. The number of piperidine rings is 1. The van der Waals surface area contributed by atoms with Crippen LogP contribution in [0.2, 0.25) is 0 Å². The summed E-state index contributed by atoms with van der Waals surface area (Å²) in [5, 5.41) is 18.1. The molecule has 12 nitrogen and oxygen atoms in total. The number of likely N-dealkylation sites (tertiary alicyclic amines) is 2. The highest BCUT2D eigenvalue weighted by molar-refractivity contribution is 6.06. The summed E-state index contributed by atoms with van der Waals surface area (Å²) in [6, 6.07) is 10.7. The molecule has 5 fully saturated rings. The molecule has 2 saturated carbocycles. The Balaban J connectivity index is 1.14. The maximum atomic E-state index is 14.5. The van der Waals surface area contributed by atoms with Gasteiger partial charge < -0.3 is 19.9 Å². The number of anilines is 1. The van der Waals surface area contributed by atoms with E-state index >= 15 is 0 Å². The van der Waals surface area contributed by atoms with Crippen molar-refractivity contribution < 1.29 is 23.9 Å². The molecule has 246 valence electrons. The summed E-state index contributed by atoms with van der Waals surface area (Å²) in [7, 11) is 0. The van der Waals surface area contributed by atoms with Crippen LogP contribution in [0.4, 0.5) is 5.82 Å². The van der Waals surface area contributed by atoms with E-state index < -0.39 is 23.9 Å². The smallest absolute Gasteiger partial charge is 0.276 e. The van der Waals surface area contributed by atoms with Gasteiger partial charge in [0.1, 0.15) is 17.9 Å². The summed E-state index contributed by atoms with van der Waals surface area (Å²) in [6.45, 7) is 4.11. The second kappa shape index (κ2) is 11.8. The van der Waals surface area contributed by atoms with Crippen molar-refractivity contribution in [3.63, 3.8) is 0 Å². The highest BCUT2D eigenvalue weighted by Crippen LogP contribution is 2.53. The minimum Gasteiger partial charge on any atom is -0.381 e. The first-order valence-corrected chi connectivity index (χ1v) is 17.2. The fraction of sp³-hybridized carbons (Fsp3) is 0.600. The van der Waals surface area contributed by atoms with E-state index in [0.29, 0.717) is 63.0 Å². The molecular formula is C35H41N7O5. The van der Waals surface area contributed by atoms with Crippen molar-refractivity contribution in [1.82, 2.24) is 24.9 Å². The average Bonchev–Trinajstić information content (AvgIpc) is 3.97. The predicted molar refractivity (Wildman–Crippen MR) is 169 cm³/mol.